The Morgan fingerprint density at radius 3 is 2.37 bits per heavy atom. The number of hydrogen-bond acceptors (Lipinski definition) is 6. The number of hydrogen-bond donors (Lipinski definition) is 0. The van der Waals surface area contributed by atoms with Gasteiger partial charge in [0.1, 0.15) is 11.6 Å². The van der Waals surface area contributed by atoms with Crippen molar-refractivity contribution < 1.29 is 19.1 Å². The van der Waals surface area contributed by atoms with Crippen LogP contribution >= 0.6 is 11.6 Å². The lowest BCUT2D eigenvalue weighted by Gasteiger charge is -2.35. The SMILES string of the molecule is CCOc1ccc(N2C(=O)c3ccc(C(=O)N4CCN(c5ncccc5Cl)CC4)cc3C2=O)cc1. The van der Waals surface area contributed by atoms with E-state index in [4.69, 9.17) is 16.3 Å². The molecule has 9 heteroatoms. The Morgan fingerprint density at radius 1 is 0.971 bits per heavy atom. The lowest BCUT2D eigenvalue weighted by molar-refractivity contribution is 0.0746. The summed E-state index contributed by atoms with van der Waals surface area (Å²) in [4.78, 5) is 48.5. The molecule has 0 spiro atoms. The third kappa shape index (κ3) is 4.21. The summed E-state index contributed by atoms with van der Waals surface area (Å²) < 4.78 is 5.43. The number of aromatic nitrogens is 1. The van der Waals surface area contributed by atoms with E-state index in [0.29, 0.717) is 60.6 Å². The summed E-state index contributed by atoms with van der Waals surface area (Å²) >= 11 is 6.26. The van der Waals surface area contributed by atoms with Gasteiger partial charge in [-0.25, -0.2) is 9.88 Å². The largest absolute Gasteiger partial charge is 0.494 e. The third-order valence-corrected chi connectivity index (χ3v) is 6.44. The van der Waals surface area contributed by atoms with E-state index in [0.717, 1.165) is 4.90 Å². The maximum absolute atomic E-state index is 13.2. The van der Waals surface area contributed by atoms with Gasteiger partial charge in [0.05, 0.1) is 28.4 Å². The van der Waals surface area contributed by atoms with Crippen molar-refractivity contribution in [2.75, 3.05) is 42.6 Å². The second kappa shape index (κ2) is 9.38. The molecule has 2 aliphatic rings. The standard InChI is InChI=1S/C26H23ClN4O4/c1-2-35-19-8-6-18(7-9-19)31-25(33)20-10-5-17(16-21(20)26(31)34)24(32)30-14-12-29(13-15-30)23-22(27)4-3-11-28-23/h3-11,16H,2,12-15H2,1H3. The van der Waals surface area contributed by atoms with Crippen LogP contribution in [-0.2, 0) is 0 Å². The van der Waals surface area contributed by atoms with Gasteiger partial charge in [-0.3, -0.25) is 14.4 Å². The van der Waals surface area contributed by atoms with Crippen LogP contribution in [0, 0.1) is 0 Å². The molecule has 0 unspecified atom stereocenters. The molecule has 0 radical (unpaired) electrons. The molecule has 0 atom stereocenters. The van der Waals surface area contributed by atoms with Crippen LogP contribution in [0.2, 0.25) is 5.02 Å². The molecule has 2 aliphatic heterocycles. The van der Waals surface area contributed by atoms with E-state index in [-0.39, 0.29) is 17.0 Å². The van der Waals surface area contributed by atoms with Gasteiger partial charge in [-0.1, -0.05) is 11.6 Å². The zero-order chi connectivity index (χ0) is 24.5. The highest BCUT2D eigenvalue weighted by molar-refractivity contribution is 6.34. The minimum absolute atomic E-state index is 0.181. The number of carbonyl (C=O) groups excluding carboxylic acids is 3. The normalized spacial score (nSPS) is 15.4. The molecule has 0 bridgehead atoms. The van der Waals surface area contributed by atoms with Crippen molar-refractivity contribution in [2.45, 2.75) is 6.92 Å². The highest BCUT2D eigenvalue weighted by atomic mass is 35.5. The molecule has 1 fully saturated rings. The fourth-order valence-electron chi connectivity index (χ4n) is 4.38. The average Bonchev–Trinajstić information content (AvgIpc) is 3.14. The minimum atomic E-state index is -0.446. The van der Waals surface area contributed by atoms with Crippen molar-refractivity contribution in [3.05, 3.63) is 82.5 Å². The van der Waals surface area contributed by atoms with Crippen LogP contribution in [0.25, 0.3) is 0 Å². The van der Waals surface area contributed by atoms with Gasteiger partial charge < -0.3 is 14.5 Å². The zero-order valence-electron chi connectivity index (χ0n) is 19.1. The van der Waals surface area contributed by atoms with E-state index in [1.165, 1.54) is 6.07 Å². The summed E-state index contributed by atoms with van der Waals surface area (Å²) in [5.74, 6) is 0.329. The molecule has 178 valence electrons. The Hall–Kier alpha value is -3.91. The number of fused-ring (bicyclic) bond motifs is 1. The fourth-order valence-corrected chi connectivity index (χ4v) is 4.62. The van der Waals surface area contributed by atoms with Crippen molar-refractivity contribution in [3.8, 4) is 5.75 Å². The van der Waals surface area contributed by atoms with Crippen molar-refractivity contribution in [2.24, 2.45) is 0 Å². The summed E-state index contributed by atoms with van der Waals surface area (Å²) in [7, 11) is 0. The number of piperazine rings is 1. The third-order valence-electron chi connectivity index (χ3n) is 6.14. The van der Waals surface area contributed by atoms with Crippen LogP contribution in [0.4, 0.5) is 11.5 Å². The molecular formula is C26H23ClN4O4. The number of halogens is 1. The van der Waals surface area contributed by atoms with Crippen molar-refractivity contribution in [1.29, 1.82) is 0 Å². The Balaban J connectivity index is 1.31. The quantitative estimate of drug-likeness (QED) is 0.504. The summed E-state index contributed by atoms with van der Waals surface area (Å²) in [5, 5.41) is 0.575. The summed E-state index contributed by atoms with van der Waals surface area (Å²) in [5.41, 5.74) is 1.35. The maximum Gasteiger partial charge on any atom is 0.266 e. The molecule has 3 heterocycles. The number of amides is 3. The van der Waals surface area contributed by atoms with E-state index in [9.17, 15) is 14.4 Å². The Labute approximate surface area is 207 Å². The molecule has 3 amide bonds. The number of pyridine rings is 1. The number of benzene rings is 2. The van der Waals surface area contributed by atoms with Crippen LogP contribution in [0.1, 0.15) is 38.0 Å². The Kier molecular flexibility index (Phi) is 6.13. The first-order chi connectivity index (χ1) is 17.0. The summed E-state index contributed by atoms with van der Waals surface area (Å²) in [6, 6.07) is 15.0. The molecule has 35 heavy (non-hydrogen) atoms. The van der Waals surface area contributed by atoms with Gasteiger partial charge in [0.2, 0.25) is 0 Å². The van der Waals surface area contributed by atoms with Crippen LogP contribution in [0.15, 0.2) is 60.8 Å². The van der Waals surface area contributed by atoms with E-state index in [2.05, 4.69) is 4.98 Å². The van der Waals surface area contributed by atoms with Gasteiger partial charge in [0, 0.05) is 37.9 Å². The van der Waals surface area contributed by atoms with Crippen LogP contribution in [0.5, 0.6) is 5.75 Å². The molecule has 5 rings (SSSR count). The number of imide groups is 1. The number of nitrogens with zero attached hydrogens (tertiary/aromatic N) is 4. The highest BCUT2D eigenvalue weighted by Crippen LogP contribution is 2.31. The summed E-state index contributed by atoms with van der Waals surface area (Å²) in [6.45, 7) is 4.58. The average molecular weight is 491 g/mol. The van der Waals surface area contributed by atoms with Crippen molar-refractivity contribution >= 4 is 40.8 Å². The van der Waals surface area contributed by atoms with Gasteiger partial charge in [-0.05, 0) is 61.5 Å². The zero-order valence-corrected chi connectivity index (χ0v) is 19.9. The summed E-state index contributed by atoms with van der Waals surface area (Å²) in [6.07, 6.45) is 1.69. The second-order valence-corrected chi connectivity index (χ2v) is 8.63. The first-order valence-electron chi connectivity index (χ1n) is 11.4. The van der Waals surface area contributed by atoms with Crippen LogP contribution in [0.3, 0.4) is 0 Å². The van der Waals surface area contributed by atoms with Gasteiger partial charge in [0.15, 0.2) is 0 Å². The second-order valence-electron chi connectivity index (χ2n) is 8.22. The van der Waals surface area contributed by atoms with E-state index < -0.39 is 11.8 Å². The predicted octanol–water partition coefficient (Wildman–Crippen LogP) is 3.90. The van der Waals surface area contributed by atoms with Crippen LogP contribution < -0.4 is 14.5 Å². The lowest BCUT2D eigenvalue weighted by atomic mass is 10.0. The number of carbonyl (C=O) groups is 3. The lowest BCUT2D eigenvalue weighted by Crippen LogP contribution is -2.49. The molecule has 1 saturated heterocycles. The monoisotopic (exact) mass is 490 g/mol. The molecule has 0 saturated carbocycles. The van der Waals surface area contributed by atoms with E-state index in [1.807, 2.05) is 11.8 Å². The molecule has 0 aliphatic carbocycles. The first kappa shape index (κ1) is 22.9. The fraction of sp³-hybridized carbons (Fsp3) is 0.231. The molecular weight excluding hydrogens is 468 g/mol. The van der Waals surface area contributed by atoms with Gasteiger partial charge >= 0.3 is 0 Å². The van der Waals surface area contributed by atoms with E-state index in [1.54, 1.807) is 59.6 Å². The molecule has 2 aromatic carbocycles. The topological polar surface area (TPSA) is 83.1 Å². The predicted molar refractivity (Wildman–Crippen MR) is 133 cm³/mol. The van der Waals surface area contributed by atoms with Gasteiger partial charge in [0.25, 0.3) is 17.7 Å². The molecule has 0 N–H and O–H groups in total. The van der Waals surface area contributed by atoms with Gasteiger partial charge in [-0.15, -0.1) is 0 Å². The van der Waals surface area contributed by atoms with Crippen molar-refractivity contribution in [3.63, 3.8) is 0 Å². The Morgan fingerprint density at radius 2 is 1.69 bits per heavy atom. The highest BCUT2D eigenvalue weighted by Gasteiger charge is 2.37. The molecule has 8 nitrogen and oxygen atoms in total. The van der Waals surface area contributed by atoms with E-state index >= 15 is 0 Å². The molecule has 3 aromatic rings. The van der Waals surface area contributed by atoms with Crippen LogP contribution in [-0.4, -0.2) is 60.4 Å². The number of anilines is 2. The smallest absolute Gasteiger partial charge is 0.266 e. The Bertz CT molecular complexity index is 1300. The van der Waals surface area contributed by atoms with Crippen molar-refractivity contribution in [1.82, 2.24) is 9.88 Å². The number of rotatable bonds is 5. The maximum atomic E-state index is 13.2. The van der Waals surface area contributed by atoms with Gasteiger partial charge in [-0.2, -0.15) is 0 Å². The first-order valence-corrected chi connectivity index (χ1v) is 11.8. The number of ether oxygens (including phenoxy) is 1. The molecule has 1 aromatic heterocycles. The minimum Gasteiger partial charge on any atom is -0.494 e.